The Morgan fingerprint density at radius 3 is 2.71 bits per heavy atom. The van der Waals surface area contributed by atoms with Crippen LogP contribution in [-0.2, 0) is 4.57 Å². The fraction of sp³-hybridized carbons (Fsp3) is 0.263. The summed E-state index contributed by atoms with van der Waals surface area (Å²) in [5, 5.41) is 15.4. The Bertz CT molecular complexity index is 1070. The molecule has 1 unspecified atom stereocenters. The number of pyridine rings is 1. The summed E-state index contributed by atoms with van der Waals surface area (Å²) in [5.74, 6) is -0.764. The van der Waals surface area contributed by atoms with Crippen molar-refractivity contribution in [2.45, 2.75) is 25.5 Å². The number of hydrogen-bond donors (Lipinski definition) is 6. The quantitative estimate of drug-likeness (QED) is 0.348. The lowest BCUT2D eigenvalue weighted by atomic mass is 10.1. The molecule has 0 fully saturated rings. The van der Waals surface area contributed by atoms with Gasteiger partial charge < -0.3 is 35.6 Å². The molecule has 1 aromatic carbocycles. The second-order valence-electron chi connectivity index (χ2n) is 6.85. The van der Waals surface area contributed by atoms with Crippen LogP contribution in [0.25, 0.3) is 5.70 Å². The van der Waals surface area contributed by atoms with Gasteiger partial charge >= 0.3 is 13.6 Å². The Labute approximate surface area is 178 Å². The number of benzene rings is 1. The SMILES string of the molecule is CCCC(N1C(c2ccc(O)c(OC)c2)=CNc2ccc(NC(N)=O)nc21)P(=O)(O)O. The Morgan fingerprint density at radius 2 is 2.10 bits per heavy atom. The number of phenolic OH excluding ortho intramolecular Hbond substituents is 1. The van der Waals surface area contributed by atoms with E-state index >= 15 is 0 Å². The van der Waals surface area contributed by atoms with Gasteiger partial charge in [0.1, 0.15) is 11.6 Å². The molecule has 0 radical (unpaired) electrons. The first kappa shape index (κ1) is 22.4. The first-order chi connectivity index (χ1) is 14.7. The molecule has 2 aromatic rings. The van der Waals surface area contributed by atoms with Crippen LogP contribution in [0.1, 0.15) is 25.3 Å². The van der Waals surface area contributed by atoms with Gasteiger partial charge in [0.15, 0.2) is 17.3 Å². The van der Waals surface area contributed by atoms with Crippen molar-refractivity contribution in [3.05, 3.63) is 42.1 Å². The number of ether oxygens (including phenoxy) is 1. The number of rotatable bonds is 7. The number of phenols is 1. The van der Waals surface area contributed by atoms with Crippen LogP contribution >= 0.6 is 7.60 Å². The van der Waals surface area contributed by atoms with Crippen molar-refractivity contribution < 1.29 is 29.0 Å². The largest absolute Gasteiger partial charge is 0.504 e. The zero-order valence-corrected chi connectivity index (χ0v) is 17.8. The number of carbonyl (C=O) groups is 1. The molecule has 0 bridgehead atoms. The van der Waals surface area contributed by atoms with Gasteiger partial charge in [0, 0.05) is 11.8 Å². The Kier molecular flexibility index (Phi) is 6.40. The summed E-state index contributed by atoms with van der Waals surface area (Å²) in [4.78, 5) is 37.4. The number of nitrogens with two attached hydrogens (primary N) is 1. The first-order valence-corrected chi connectivity index (χ1v) is 11.1. The van der Waals surface area contributed by atoms with Crippen molar-refractivity contribution in [1.82, 2.24) is 4.98 Å². The fourth-order valence-electron chi connectivity index (χ4n) is 3.34. The van der Waals surface area contributed by atoms with E-state index in [-0.39, 0.29) is 29.6 Å². The molecule has 1 aromatic heterocycles. The number of nitrogens with one attached hydrogen (secondary N) is 2. The van der Waals surface area contributed by atoms with Gasteiger partial charge in [0.25, 0.3) is 0 Å². The normalized spacial score (nSPS) is 14.2. The molecule has 3 rings (SSSR count). The number of amides is 2. The minimum absolute atomic E-state index is 0.0752. The highest BCUT2D eigenvalue weighted by atomic mass is 31.2. The minimum Gasteiger partial charge on any atom is -0.504 e. The van der Waals surface area contributed by atoms with Crippen molar-refractivity contribution in [3.8, 4) is 11.5 Å². The predicted molar refractivity (Wildman–Crippen MR) is 117 cm³/mol. The van der Waals surface area contributed by atoms with Gasteiger partial charge in [-0.05, 0) is 36.8 Å². The molecule has 1 aliphatic rings. The maximum Gasteiger partial charge on any atom is 0.348 e. The zero-order valence-electron chi connectivity index (χ0n) is 16.9. The number of hydrogen-bond acceptors (Lipinski definition) is 7. The molecule has 2 heterocycles. The average molecular weight is 449 g/mol. The number of aromatic hydroxyl groups is 1. The van der Waals surface area contributed by atoms with E-state index in [1.807, 2.05) is 6.92 Å². The standard InChI is InChI=1S/C19H24N5O6P/c1-3-4-17(31(27,28)29)24-13(11-5-7-14(25)15(9-11)30-2)10-21-12-6-8-16(22-18(12)24)23-19(20)26/h5-10,17,21,25H,3-4H2,1-2H3,(H2,27,28,29)(H3,20,22,23,26). The van der Waals surface area contributed by atoms with E-state index in [1.165, 1.54) is 24.1 Å². The summed E-state index contributed by atoms with van der Waals surface area (Å²) in [6.07, 6.45) is 2.27. The summed E-state index contributed by atoms with van der Waals surface area (Å²) < 4.78 is 17.6. The summed E-state index contributed by atoms with van der Waals surface area (Å²) in [5.41, 5.74) is 6.59. The maximum atomic E-state index is 12.5. The highest BCUT2D eigenvalue weighted by Gasteiger charge is 2.39. The van der Waals surface area contributed by atoms with Gasteiger partial charge in [-0.15, -0.1) is 0 Å². The van der Waals surface area contributed by atoms with Gasteiger partial charge in [0.2, 0.25) is 0 Å². The number of anilines is 3. The smallest absolute Gasteiger partial charge is 0.348 e. The van der Waals surface area contributed by atoms with E-state index < -0.39 is 19.4 Å². The van der Waals surface area contributed by atoms with Crippen LogP contribution in [-0.4, -0.2) is 38.8 Å². The number of urea groups is 1. The highest BCUT2D eigenvalue weighted by molar-refractivity contribution is 7.52. The molecule has 0 spiro atoms. The Hall–Kier alpha value is -3.27. The topological polar surface area (TPSA) is 170 Å². The van der Waals surface area contributed by atoms with Crippen molar-refractivity contribution in [3.63, 3.8) is 0 Å². The Morgan fingerprint density at radius 1 is 1.35 bits per heavy atom. The lowest BCUT2D eigenvalue weighted by molar-refractivity contribution is 0.259. The zero-order chi connectivity index (χ0) is 22.8. The molecule has 0 saturated heterocycles. The van der Waals surface area contributed by atoms with Crippen LogP contribution < -0.4 is 26.0 Å². The maximum absolute atomic E-state index is 12.5. The van der Waals surface area contributed by atoms with Crippen molar-refractivity contribution in [2.75, 3.05) is 22.6 Å². The van der Waals surface area contributed by atoms with Crippen LogP contribution in [0.15, 0.2) is 36.5 Å². The molecule has 2 amide bonds. The molecule has 166 valence electrons. The Balaban J connectivity index is 2.20. The van der Waals surface area contributed by atoms with Gasteiger partial charge in [0.05, 0.1) is 18.5 Å². The third kappa shape index (κ3) is 4.74. The molecule has 1 aliphatic heterocycles. The van der Waals surface area contributed by atoms with Gasteiger partial charge in [-0.25, -0.2) is 9.78 Å². The van der Waals surface area contributed by atoms with Crippen molar-refractivity contribution in [2.24, 2.45) is 5.73 Å². The second kappa shape index (κ2) is 8.84. The summed E-state index contributed by atoms with van der Waals surface area (Å²) >= 11 is 0. The number of primary amides is 1. The monoisotopic (exact) mass is 449 g/mol. The minimum atomic E-state index is -4.62. The number of fused-ring (bicyclic) bond motifs is 1. The molecule has 0 aliphatic carbocycles. The van der Waals surface area contributed by atoms with Crippen LogP contribution in [0.5, 0.6) is 11.5 Å². The number of methoxy groups -OCH3 is 1. The third-order valence-corrected chi connectivity index (χ3v) is 5.95. The van der Waals surface area contributed by atoms with Crippen LogP contribution in [0.2, 0.25) is 0 Å². The van der Waals surface area contributed by atoms with E-state index in [1.54, 1.807) is 24.4 Å². The van der Waals surface area contributed by atoms with Crippen LogP contribution in [0, 0.1) is 0 Å². The number of aromatic nitrogens is 1. The average Bonchev–Trinajstić information content (AvgIpc) is 2.70. The first-order valence-electron chi connectivity index (χ1n) is 9.41. The van der Waals surface area contributed by atoms with E-state index in [9.17, 15) is 24.3 Å². The molecule has 31 heavy (non-hydrogen) atoms. The third-order valence-electron chi connectivity index (χ3n) is 4.69. The van der Waals surface area contributed by atoms with Gasteiger partial charge in [-0.3, -0.25) is 9.88 Å². The second-order valence-corrected chi connectivity index (χ2v) is 8.62. The number of carbonyl (C=O) groups excluding carboxylic acids is 1. The van der Waals surface area contributed by atoms with Crippen LogP contribution in [0.3, 0.4) is 0 Å². The van der Waals surface area contributed by atoms with Crippen molar-refractivity contribution >= 4 is 36.6 Å². The number of nitrogens with zero attached hydrogens (tertiary/aromatic N) is 2. The summed E-state index contributed by atoms with van der Waals surface area (Å²) in [6, 6.07) is 6.89. The molecular weight excluding hydrogens is 425 g/mol. The molecular formula is C19H24N5O6P. The molecule has 7 N–H and O–H groups in total. The van der Waals surface area contributed by atoms with Gasteiger partial charge in [-0.2, -0.15) is 0 Å². The van der Waals surface area contributed by atoms with Gasteiger partial charge in [-0.1, -0.05) is 13.3 Å². The highest BCUT2D eigenvalue weighted by Crippen LogP contribution is 2.51. The lowest BCUT2D eigenvalue weighted by Gasteiger charge is -2.38. The summed E-state index contributed by atoms with van der Waals surface area (Å²) in [7, 11) is -3.22. The van der Waals surface area contributed by atoms with E-state index in [2.05, 4.69) is 15.6 Å². The van der Waals surface area contributed by atoms with Crippen LogP contribution in [0.4, 0.5) is 22.1 Å². The van der Waals surface area contributed by atoms with E-state index in [4.69, 9.17) is 10.5 Å². The molecule has 0 saturated carbocycles. The van der Waals surface area contributed by atoms with E-state index in [0.717, 1.165) is 0 Å². The predicted octanol–water partition coefficient (Wildman–Crippen LogP) is 2.82. The summed E-state index contributed by atoms with van der Waals surface area (Å²) in [6.45, 7) is 1.82. The van der Waals surface area contributed by atoms with E-state index in [0.29, 0.717) is 23.4 Å². The molecule has 1 atom stereocenters. The van der Waals surface area contributed by atoms with Crippen molar-refractivity contribution in [1.29, 1.82) is 0 Å². The molecule has 11 nitrogen and oxygen atoms in total. The molecule has 12 heteroatoms. The fourth-order valence-corrected chi connectivity index (χ4v) is 4.47. The lowest BCUT2D eigenvalue weighted by Crippen LogP contribution is -2.37.